The molecule has 2 heteroatoms. The summed E-state index contributed by atoms with van der Waals surface area (Å²) in [5.41, 5.74) is 2.90. The number of hydrogen-bond donors (Lipinski definition) is 1. The Hall–Kier alpha value is -0.860. The molecule has 0 saturated carbocycles. The zero-order chi connectivity index (χ0) is 13.5. The molecule has 1 heterocycles. The van der Waals surface area contributed by atoms with Gasteiger partial charge in [-0.15, -0.1) is 0 Å². The second kappa shape index (κ2) is 7.66. The van der Waals surface area contributed by atoms with E-state index in [0.717, 1.165) is 32.0 Å². The topological polar surface area (TPSA) is 15.3 Å². The number of nitrogens with one attached hydrogen (secondary N) is 1. The summed E-state index contributed by atoms with van der Waals surface area (Å²) in [7, 11) is 0. The van der Waals surface area contributed by atoms with Gasteiger partial charge in [0.1, 0.15) is 0 Å². The van der Waals surface area contributed by atoms with Gasteiger partial charge in [0.25, 0.3) is 0 Å². The van der Waals surface area contributed by atoms with Gasteiger partial charge in [0.2, 0.25) is 0 Å². The van der Waals surface area contributed by atoms with E-state index in [1.165, 1.54) is 37.1 Å². The van der Waals surface area contributed by atoms with E-state index in [1.807, 2.05) is 0 Å². The Morgan fingerprint density at radius 2 is 1.74 bits per heavy atom. The van der Waals surface area contributed by atoms with Gasteiger partial charge in [0.05, 0.1) is 0 Å². The van der Waals surface area contributed by atoms with E-state index in [9.17, 15) is 0 Å². The van der Waals surface area contributed by atoms with E-state index in [1.54, 1.807) is 0 Å². The molecule has 0 radical (unpaired) electrons. The summed E-state index contributed by atoms with van der Waals surface area (Å²) in [5, 5.41) is 3.37. The highest BCUT2D eigenvalue weighted by Gasteiger charge is 2.15. The van der Waals surface area contributed by atoms with Crippen molar-refractivity contribution in [3.8, 4) is 0 Å². The van der Waals surface area contributed by atoms with Gasteiger partial charge in [0.15, 0.2) is 0 Å². The van der Waals surface area contributed by atoms with Crippen molar-refractivity contribution in [2.45, 2.75) is 39.7 Å². The number of hydrogen-bond acceptors (Lipinski definition) is 2. The second-order valence-electron chi connectivity index (χ2n) is 5.88. The lowest BCUT2D eigenvalue weighted by atomic mass is 9.98. The molecule has 106 valence electrons. The molecular weight excluding hydrogens is 232 g/mol. The minimum Gasteiger partial charge on any atom is -0.317 e. The van der Waals surface area contributed by atoms with Gasteiger partial charge in [-0.1, -0.05) is 38.1 Å². The molecule has 0 bridgehead atoms. The standard InChI is InChI=1S/C17H28N2/c1-3-18-11-8-16-4-6-17(7-5-16)14-19-12-9-15(2)10-13-19/h4-7,15,18H,3,8-14H2,1-2H3. The predicted octanol–water partition coefficient (Wildman–Crippen LogP) is 3.07. The third-order valence-electron chi connectivity index (χ3n) is 4.15. The van der Waals surface area contributed by atoms with Gasteiger partial charge < -0.3 is 5.32 Å². The minimum absolute atomic E-state index is 0.921. The average molecular weight is 260 g/mol. The van der Waals surface area contributed by atoms with Crippen molar-refractivity contribution in [2.24, 2.45) is 5.92 Å². The zero-order valence-corrected chi connectivity index (χ0v) is 12.5. The quantitative estimate of drug-likeness (QED) is 0.791. The molecule has 0 atom stereocenters. The zero-order valence-electron chi connectivity index (χ0n) is 12.5. The number of likely N-dealkylation sites (N-methyl/N-ethyl adjacent to an activating group) is 1. The summed E-state index contributed by atoms with van der Waals surface area (Å²) in [6, 6.07) is 9.19. The first-order valence-electron chi connectivity index (χ1n) is 7.79. The maximum Gasteiger partial charge on any atom is 0.0233 e. The molecule has 0 aliphatic carbocycles. The van der Waals surface area contributed by atoms with Crippen LogP contribution in [0.1, 0.15) is 37.8 Å². The van der Waals surface area contributed by atoms with Gasteiger partial charge in [-0.25, -0.2) is 0 Å². The van der Waals surface area contributed by atoms with Crippen molar-refractivity contribution in [3.63, 3.8) is 0 Å². The van der Waals surface area contributed by atoms with Gasteiger partial charge >= 0.3 is 0 Å². The molecule has 1 saturated heterocycles. The first-order valence-corrected chi connectivity index (χ1v) is 7.79. The molecule has 1 aromatic carbocycles. The highest BCUT2D eigenvalue weighted by Crippen LogP contribution is 2.18. The summed E-state index contributed by atoms with van der Waals surface area (Å²) < 4.78 is 0. The van der Waals surface area contributed by atoms with Crippen molar-refractivity contribution in [1.29, 1.82) is 0 Å². The molecule has 1 aromatic rings. The summed E-state index contributed by atoms with van der Waals surface area (Å²) in [6.07, 6.45) is 3.86. The Morgan fingerprint density at radius 1 is 1.11 bits per heavy atom. The second-order valence-corrected chi connectivity index (χ2v) is 5.88. The lowest BCUT2D eigenvalue weighted by molar-refractivity contribution is 0.185. The SMILES string of the molecule is CCNCCc1ccc(CN2CCC(C)CC2)cc1. The van der Waals surface area contributed by atoms with Crippen molar-refractivity contribution >= 4 is 0 Å². The average Bonchev–Trinajstić information content (AvgIpc) is 2.44. The maximum atomic E-state index is 3.37. The van der Waals surface area contributed by atoms with Crippen LogP contribution in [-0.2, 0) is 13.0 Å². The van der Waals surface area contributed by atoms with E-state index in [2.05, 4.69) is 48.3 Å². The van der Waals surface area contributed by atoms with E-state index in [-0.39, 0.29) is 0 Å². The Bertz CT molecular complexity index is 350. The molecule has 0 aromatic heterocycles. The van der Waals surface area contributed by atoms with E-state index < -0.39 is 0 Å². The molecule has 1 fully saturated rings. The van der Waals surface area contributed by atoms with Gasteiger partial charge in [0, 0.05) is 6.54 Å². The number of likely N-dealkylation sites (tertiary alicyclic amines) is 1. The maximum absolute atomic E-state index is 3.37. The molecule has 0 amide bonds. The van der Waals surface area contributed by atoms with Crippen molar-refractivity contribution < 1.29 is 0 Å². The van der Waals surface area contributed by atoms with Crippen LogP contribution in [0.2, 0.25) is 0 Å². The Labute approximate surface area is 118 Å². The minimum atomic E-state index is 0.921. The highest BCUT2D eigenvalue weighted by atomic mass is 15.1. The molecule has 1 N–H and O–H groups in total. The molecule has 0 spiro atoms. The highest BCUT2D eigenvalue weighted by molar-refractivity contribution is 5.22. The van der Waals surface area contributed by atoms with Crippen LogP contribution in [0, 0.1) is 5.92 Å². The largest absolute Gasteiger partial charge is 0.317 e. The Kier molecular flexibility index (Phi) is 5.87. The Morgan fingerprint density at radius 3 is 2.37 bits per heavy atom. The van der Waals surface area contributed by atoms with Crippen LogP contribution < -0.4 is 5.32 Å². The molecule has 2 nitrogen and oxygen atoms in total. The molecule has 19 heavy (non-hydrogen) atoms. The summed E-state index contributed by atoms with van der Waals surface area (Å²) in [5.74, 6) is 0.921. The summed E-state index contributed by atoms with van der Waals surface area (Å²) in [6.45, 7) is 10.3. The van der Waals surface area contributed by atoms with Gasteiger partial charge in [-0.2, -0.15) is 0 Å². The monoisotopic (exact) mass is 260 g/mol. The van der Waals surface area contributed by atoms with Crippen molar-refractivity contribution in [1.82, 2.24) is 10.2 Å². The molecule has 1 aliphatic rings. The number of piperidine rings is 1. The number of benzene rings is 1. The third-order valence-corrected chi connectivity index (χ3v) is 4.15. The van der Waals surface area contributed by atoms with Crippen LogP contribution >= 0.6 is 0 Å². The first kappa shape index (κ1) is 14.5. The Balaban J connectivity index is 1.78. The summed E-state index contributed by atoms with van der Waals surface area (Å²) >= 11 is 0. The van der Waals surface area contributed by atoms with Crippen LogP contribution in [-0.4, -0.2) is 31.1 Å². The van der Waals surface area contributed by atoms with E-state index in [4.69, 9.17) is 0 Å². The van der Waals surface area contributed by atoms with Gasteiger partial charge in [-0.3, -0.25) is 4.90 Å². The fraction of sp³-hybridized carbons (Fsp3) is 0.647. The lowest BCUT2D eigenvalue weighted by Crippen LogP contribution is -2.32. The number of rotatable bonds is 6. The molecule has 1 aliphatic heterocycles. The lowest BCUT2D eigenvalue weighted by Gasteiger charge is -2.30. The summed E-state index contributed by atoms with van der Waals surface area (Å²) in [4.78, 5) is 2.59. The predicted molar refractivity (Wildman–Crippen MR) is 82.4 cm³/mol. The fourth-order valence-corrected chi connectivity index (χ4v) is 2.70. The van der Waals surface area contributed by atoms with Gasteiger partial charge in [-0.05, 0) is 62.5 Å². The van der Waals surface area contributed by atoms with E-state index in [0.29, 0.717) is 0 Å². The van der Waals surface area contributed by atoms with Crippen LogP contribution in [0.3, 0.4) is 0 Å². The first-order chi connectivity index (χ1) is 9.28. The van der Waals surface area contributed by atoms with E-state index >= 15 is 0 Å². The number of nitrogens with zero attached hydrogens (tertiary/aromatic N) is 1. The third kappa shape index (κ3) is 4.96. The molecular formula is C17H28N2. The molecule has 2 rings (SSSR count). The van der Waals surface area contributed by atoms with Crippen LogP contribution in [0.5, 0.6) is 0 Å². The smallest absolute Gasteiger partial charge is 0.0233 e. The van der Waals surface area contributed by atoms with Crippen LogP contribution in [0.15, 0.2) is 24.3 Å². The van der Waals surface area contributed by atoms with Crippen molar-refractivity contribution in [2.75, 3.05) is 26.2 Å². The fourth-order valence-electron chi connectivity index (χ4n) is 2.70. The normalized spacial score (nSPS) is 17.8. The van der Waals surface area contributed by atoms with Crippen molar-refractivity contribution in [3.05, 3.63) is 35.4 Å². The van der Waals surface area contributed by atoms with Crippen LogP contribution in [0.25, 0.3) is 0 Å². The molecule has 0 unspecified atom stereocenters. The van der Waals surface area contributed by atoms with Crippen LogP contribution in [0.4, 0.5) is 0 Å².